The van der Waals surface area contributed by atoms with Gasteiger partial charge in [-0.05, 0) is 55.8 Å². The van der Waals surface area contributed by atoms with Crippen molar-refractivity contribution >= 4 is 17.3 Å². The quantitative estimate of drug-likeness (QED) is 0.286. The van der Waals surface area contributed by atoms with Crippen LogP contribution in [-0.4, -0.2) is 37.1 Å². The minimum atomic E-state index is -0.332. The van der Waals surface area contributed by atoms with Crippen LogP contribution in [0.15, 0.2) is 50.7 Å². The first-order valence-corrected chi connectivity index (χ1v) is 9.52. The third kappa shape index (κ3) is 5.72. The van der Waals surface area contributed by atoms with E-state index in [1.54, 1.807) is 33.0 Å². The molecule has 0 fully saturated rings. The average molecular weight is 413 g/mol. The number of allylic oxidation sites excluding steroid dienone is 1. The second-order valence-corrected chi connectivity index (χ2v) is 6.44. The number of hydrogen-bond acceptors (Lipinski definition) is 8. The molecule has 0 bridgehead atoms. The maximum absolute atomic E-state index is 12.3. The Labute approximate surface area is 175 Å². The van der Waals surface area contributed by atoms with Crippen molar-refractivity contribution in [2.45, 2.75) is 47.6 Å². The zero-order chi connectivity index (χ0) is 22.1. The van der Waals surface area contributed by atoms with Crippen LogP contribution in [0.4, 0.5) is 0 Å². The van der Waals surface area contributed by atoms with Crippen molar-refractivity contribution in [2.24, 2.45) is 22.4 Å². The van der Waals surface area contributed by atoms with Crippen molar-refractivity contribution in [3.63, 3.8) is 0 Å². The van der Waals surface area contributed by atoms with Crippen molar-refractivity contribution in [3.05, 3.63) is 52.1 Å². The third-order valence-electron chi connectivity index (χ3n) is 4.24. The number of nitrogens with zero attached hydrogens (tertiary/aromatic N) is 7. The zero-order valence-corrected chi connectivity index (χ0v) is 18.2. The maximum Gasteiger partial charge on any atom is 0.368 e. The van der Waals surface area contributed by atoms with Crippen molar-refractivity contribution in [3.8, 4) is 5.69 Å². The predicted molar refractivity (Wildman–Crippen MR) is 116 cm³/mol. The molecule has 0 unspecified atom stereocenters. The van der Waals surface area contributed by atoms with Crippen LogP contribution in [0, 0.1) is 6.92 Å². The minimum Gasteiger partial charge on any atom is -0.475 e. The molecular formula is C20H27N7O3. The van der Waals surface area contributed by atoms with Gasteiger partial charge in [0.15, 0.2) is 0 Å². The number of hydrogen-bond donors (Lipinski definition) is 0. The summed E-state index contributed by atoms with van der Waals surface area (Å²) in [6, 6.07) is 5.60. The van der Waals surface area contributed by atoms with E-state index < -0.39 is 0 Å². The van der Waals surface area contributed by atoms with Crippen molar-refractivity contribution in [1.29, 1.82) is 0 Å². The average Bonchev–Trinajstić information content (AvgIpc) is 3.07. The molecule has 10 nitrogen and oxygen atoms in total. The van der Waals surface area contributed by atoms with Gasteiger partial charge >= 0.3 is 5.69 Å². The van der Waals surface area contributed by atoms with Crippen LogP contribution < -0.4 is 5.69 Å². The molecule has 1 aromatic heterocycles. The second kappa shape index (κ2) is 10.8. The summed E-state index contributed by atoms with van der Waals surface area (Å²) < 4.78 is 8.31. The minimum absolute atomic E-state index is 0.212. The monoisotopic (exact) mass is 413 g/mol. The van der Waals surface area contributed by atoms with Crippen LogP contribution in [0.25, 0.3) is 5.69 Å². The fourth-order valence-electron chi connectivity index (χ4n) is 2.33. The van der Waals surface area contributed by atoms with E-state index in [1.165, 1.54) is 15.6 Å². The molecular weight excluding hydrogens is 386 g/mol. The molecule has 2 rings (SSSR count). The molecule has 0 N–H and O–H groups in total. The fourth-order valence-corrected chi connectivity index (χ4v) is 2.33. The molecule has 160 valence electrons. The fraction of sp³-hybridized carbons (Fsp3) is 0.400. The largest absolute Gasteiger partial charge is 0.475 e. The highest BCUT2D eigenvalue weighted by atomic mass is 16.6. The summed E-state index contributed by atoms with van der Waals surface area (Å²) in [5.74, 6) is 0.456. The van der Waals surface area contributed by atoms with Crippen molar-refractivity contribution in [2.75, 3.05) is 0 Å². The number of aromatic nitrogens is 4. The molecule has 0 atom stereocenters. The first-order chi connectivity index (χ1) is 14.4. The van der Waals surface area contributed by atoms with E-state index in [-0.39, 0.29) is 12.3 Å². The Balaban J connectivity index is 2.22. The van der Waals surface area contributed by atoms with Crippen LogP contribution in [0.1, 0.15) is 45.2 Å². The van der Waals surface area contributed by atoms with Crippen LogP contribution in [0.2, 0.25) is 0 Å². The predicted octanol–water partition coefficient (Wildman–Crippen LogP) is 2.90. The molecule has 10 heteroatoms. The topological polar surface area (TPSA) is 108 Å². The Morgan fingerprint density at radius 3 is 2.60 bits per heavy atom. The Morgan fingerprint density at radius 1 is 1.20 bits per heavy atom. The lowest BCUT2D eigenvalue weighted by Crippen LogP contribution is -2.23. The highest BCUT2D eigenvalue weighted by Crippen LogP contribution is 2.18. The molecule has 0 saturated carbocycles. The summed E-state index contributed by atoms with van der Waals surface area (Å²) in [5, 5.41) is 20.0. The molecule has 0 spiro atoms. The molecule has 0 aliphatic rings. The van der Waals surface area contributed by atoms with Gasteiger partial charge in [-0.1, -0.05) is 24.2 Å². The number of benzene rings is 1. The smallest absolute Gasteiger partial charge is 0.368 e. The van der Waals surface area contributed by atoms with E-state index in [9.17, 15) is 4.79 Å². The number of tetrazole rings is 1. The lowest BCUT2D eigenvalue weighted by atomic mass is 10.1. The van der Waals surface area contributed by atoms with Gasteiger partial charge in [0.2, 0.25) is 5.90 Å². The van der Waals surface area contributed by atoms with Gasteiger partial charge in [-0.2, -0.15) is 14.5 Å². The van der Waals surface area contributed by atoms with E-state index >= 15 is 0 Å². The molecule has 0 aliphatic carbocycles. The molecule has 2 aromatic rings. The first-order valence-electron chi connectivity index (χ1n) is 9.52. The highest BCUT2D eigenvalue weighted by molar-refractivity contribution is 6.40. The van der Waals surface area contributed by atoms with Gasteiger partial charge in [0.1, 0.15) is 18.6 Å². The third-order valence-corrected chi connectivity index (χ3v) is 4.24. The zero-order valence-electron chi connectivity index (χ0n) is 18.2. The van der Waals surface area contributed by atoms with E-state index in [0.717, 1.165) is 11.1 Å². The van der Waals surface area contributed by atoms with Gasteiger partial charge in [-0.25, -0.2) is 4.79 Å². The van der Waals surface area contributed by atoms with E-state index in [2.05, 4.69) is 25.8 Å². The second-order valence-electron chi connectivity index (χ2n) is 6.44. The summed E-state index contributed by atoms with van der Waals surface area (Å²) in [7, 11) is 1.55. The maximum atomic E-state index is 12.3. The summed E-state index contributed by atoms with van der Waals surface area (Å²) >= 11 is 0. The first kappa shape index (κ1) is 22.7. The van der Waals surface area contributed by atoms with Crippen LogP contribution >= 0.6 is 0 Å². The van der Waals surface area contributed by atoms with Gasteiger partial charge in [-0.3, -0.25) is 0 Å². The number of rotatable bonds is 8. The van der Waals surface area contributed by atoms with Gasteiger partial charge < -0.3 is 9.57 Å². The van der Waals surface area contributed by atoms with Gasteiger partial charge in [0.25, 0.3) is 0 Å². The summed E-state index contributed by atoms with van der Waals surface area (Å²) in [6.45, 7) is 9.48. The molecule has 0 saturated heterocycles. The summed E-state index contributed by atoms with van der Waals surface area (Å²) in [4.78, 5) is 17.2. The molecule has 0 amide bonds. The SMILES string of the molecule is C/C=C/O/N=C(C)/C(C)=N/N=C(\CC)OCc1c(C)cccc1-n1nnn(C)c1=O. The number of aryl methyl sites for hydroxylation is 2. The van der Waals surface area contributed by atoms with Crippen LogP contribution in [-0.2, 0) is 23.2 Å². The summed E-state index contributed by atoms with van der Waals surface area (Å²) in [6.07, 6.45) is 3.76. The number of oxime groups is 1. The van der Waals surface area contributed by atoms with Crippen LogP contribution in [0.5, 0.6) is 0 Å². The van der Waals surface area contributed by atoms with E-state index in [1.807, 2.05) is 32.9 Å². The van der Waals surface area contributed by atoms with E-state index in [4.69, 9.17) is 9.57 Å². The molecule has 0 aliphatic heterocycles. The lowest BCUT2D eigenvalue weighted by molar-refractivity contribution is 0.268. The van der Waals surface area contributed by atoms with E-state index in [0.29, 0.717) is 29.4 Å². The highest BCUT2D eigenvalue weighted by Gasteiger charge is 2.14. The van der Waals surface area contributed by atoms with Gasteiger partial charge in [0.05, 0.1) is 11.4 Å². The Morgan fingerprint density at radius 2 is 1.97 bits per heavy atom. The van der Waals surface area contributed by atoms with Gasteiger partial charge in [-0.15, -0.1) is 5.10 Å². The molecule has 30 heavy (non-hydrogen) atoms. The lowest BCUT2D eigenvalue weighted by Gasteiger charge is -2.13. The van der Waals surface area contributed by atoms with Crippen molar-refractivity contribution < 1.29 is 9.57 Å². The van der Waals surface area contributed by atoms with Crippen molar-refractivity contribution in [1.82, 2.24) is 19.8 Å². The van der Waals surface area contributed by atoms with Gasteiger partial charge in [0, 0.05) is 19.0 Å². The summed E-state index contributed by atoms with van der Waals surface area (Å²) in [5.41, 5.74) is 3.28. The molecule has 0 radical (unpaired) electrons. The normalized spacial score (nSPS) is 13.2. The molecule has 1 aromatic carbocycles. The number of ether oxygens (including phenoxy) is 1. The van der Waals surface area contributed by atoms with Crippen LogP contribution in [0.3, 0.4) is 0 Å². The Hall–Kier alpha value is -3.56. The Kier molecular flexibility index (Phi) is 8.21. The Bertz CT molecular complexity index is 1040. The molecule has 1 heterocycles. The standard InChI is InChI=1S/C20H27N7O3/c1-7-12-30-23-16(5)15(4)21-22-19(8-2)29-13-17-14(3)10-9-11-18(17)27-20(28)26(6)24-25-27/h7,9-12H,8,13H2,1-6H3/b12-7+,21-15+,22-19+,23-16+.